The summed E-state index contributed by atoms with van der Waals surface area (Å²) in [6, 6.07) is 2.55. The van der Waals surface area contributed by atoms with E-state index in [-0.39, 0.29) is 20.5 Å². The fraction of sp³-hybridized carbons (Fsp3) is 0.417. The molecule has 19 heavy (non-hydrogen) atoms. The Balaban J connectivity index is 2.57. The molecule has 0 amide bonds. The quantitative estimate of drug-likeness (QED) is 0.925. The first-order valence-corrected chi connectivity index (χ1v) is 8.11. The molecule has 0 unspecified atom stereocenters. The minimum atomic E-state index is -3.60. The number of sulfone groups is 1. The molecule has 2 rings (SSSR count). The molecule has 0 radical (unpaired) electrons. The Morgan fingerprint density at radius 1 is 1.21 bits per heavy atom. The Labute approximate surface area is 121 Å². The van der Waals surface area contributed by atoms with Crippen LogP contribution in [0.25, 0.3) is 0 Å². The summed E-state index contributed by atoms with van der Waals surface area (Å²) in [4.78, 5) is 10.9. The molecule has 7 heteroatoms. The number of benzene rings is 1. The van der Waals surface area contributed by atoms with E-state index in [2.05, 4.69) is 0 Å². The number of carbonyl (C=O) groups is 1. The van der Waals surface area contributed by atoms with Crippen molar-refractivity contribution < 1.29 is 18.3 Å². The standard InChI is InChI=1S/C12H12Cl2O4S/c13-8-5-6-9(11(14)10(8)12(15)16)19(17,18)7-3-1-2-4-7/h5-7H,1-4H2,(H,15,16). The van der Waals surface area contributed by atoms with Crippen molar-refractivity contribution in [2.75, 3.05) is 0 Å². The number of halogens is 2. The fourth-order valence-corrected chi connectivity index (χ4v) is 5.10. The maximum Gasteiger partial charge on any atom is 0.338 e. The van der Waals surface area contributed by atoms with Gasteiger partial charge in [-0.3, -0.25) is 0 Å². The van der Waals surface area contributed by atoms with Gasteiger partial charge in [-0.15, -0.1) is 0 Å². The molecule has 1 fully saturated rings. The maximum absolute atomic E-state index is 12.4. The van der Waals surface area contributed by atoms with E-state index < -0.39 is 21.1 Å². The normalized spacial score (nSPS) is 16.7. The van der Waals surface area contributed by atoms with Crippen molar-refractivity contribution in [3.63, 3.8) is 0 Å². The zero-order valence-electron chi connectivity index (χ0n) is 9.90. The summed E-state index contributed by atoms with van der Waals surface area (Å²) in [5, 5.41) is 8.19. The Hall–Kier alpha value is -0.780. The van der Waals surface area contributed by atoms with E-state index in [0.29, 0.717) is 12.8 Å². The second kappa shape index (κ2) is 5.31. The van der Waals surface area contributed by atoms with Crippen LogP contribution in [-0.2, 0) is 9.84 Å². The van der Waals surface area contributed by atoms with Crippen molar-refractivity contribution in [2.24, 2.45) is 0 Å². The van der Waals surface area contributed by atoms with Gasteiger partial charge >= 0.3 is 5.97 Å². The van der Waals surface area contributed by atoms with Crippen LogP contribution in [-0.4, -0.2) is 24.7 Å². The molecule has 104 valence electrons. The highest BCUT2D eigenvalue weighted by atomic mass is 35.5. The van der Waals surface area contributed by atoms with E-state index in [4.69, 9.17) is 28.3 Å². The molecule has 0 aromatic heterocycles. The Morgan fingerprint density at radius 2 is 1.79 bits per heavy atom. The first-order valence-electron chi connectivity index (χ1n) is 5.81. The lowest BCUT2D eigenvalue weighted by Gasteiger charge is -2.14. The molecule has 1 aliphatic rings. The fourth-order valence-electron chi connectivity index (χ4n) is 2.33. The number of hydrogen-bond acceptors (Lipinski definition) is 3. The third-order valence-electron chi connectivity index (χ3n) is 3.32. The topological polar surface area (TPSA) is 71.4 Å². The van der Waals surface area contributed by atoms with Gasteiger partial charge in [0.25, 0.3) is 0 Å². The largest absolute Gasteiger partial charge is 0.478 e. The minimum Gasteiger partial charge on any atom is -0.478 e. The lowest BCUT2D eigenvalue weighted by atomic mass is 10.2. The molecule has 4 nitrogen and oxygen atoms in total. The lowest BCUT2D eigenvalue weighted by molar-refractivity contribution is 0.0697. The molecule has 1 saturated carbocycles. The highest BCUT2D eigenvalue weighted by molar-refractivity contribution is 7.92. The van der Waals surface area contributed by atoms with Gasteiger partial charge in [0.15, 0.2) is 9.84 Å². The predicted octanol–water partition coefficient (Wildman–Crippen LogP) is 3.41. The van der Waals surface area contributed by atoms with Gasteiger partial charge in [-0.25, -0.2) is 13.2 Å². The molecule has 1 aliphatic carbocycles. The second-order valence-electron chi connectivity index (χ2n) is 4.49. The maximum atomic E-state index is 12.4. The van der Waals surface area contributed by atoms with E-state index in [1.54, 1.807) is 0 Å². The van der Waals surface area contributed by atoms with E-state index >= 15 is 0 Å². The van der Waals surface area contributed by atoms with Crippen molar-refractivity contribution in [1.82, 2.24) is 0 Å². The van der Waals surface area contributed by atoms with Gasteiger partial charge in [-0.2, -0.15) is 0 Å². The van der Waals surface area contributed by atoms with Gasteiger partial charge in [-0.05, 0) is 25.0 Å². The minimum absolute atomic E-state index is 0.0668. The average molecular weight is 323 g/mol. The first kappa shape index (κ1) is 14.6. The van der Waals surface area contributed by atoms with Crippen LogP contribution >= 0.6 is 23.2 Å². The molecule has 1 aromatic rings. The van der Waals surface area contributed by atoms with E-state index in [0.717, 1.165) is 12.8 Å². The molecular formula is C12H12Cl2O4S. The van der Waals surface area contributed by atoms with Crippen LogP contribution in [0.1, 0.15) is 36.0 Å². The number of carboxylic acid groups (broad SMARTS) is 1. The van der Waals surface area contributed by atoms with E-state index in [9.17, 15) is 13.2 Å². The van der Waals surface area contributed by atoms with Crippen LogP contribution in [0.4, 0.5) is 0 Å². The van der Waals surface area contributed by atoms with Gasteiger partial charge < -0.3 is 5.11 Å². The van der Waals surface area contributed by atoms with Crippen molar-refractivity contribution in [3.8, 4) is 0 Å². The average Bonchev–Trinajstić information content (AvgIpc) is 2.81. The SMILES string of the molecule is O=C(O)c1c(Cl)ccc(S(=O)(=O)C2CCCC2)c1Cl. The predicted molar refractivity (Wildman–Crippen MR) is 72.9 cm³/mol. The van der Waals surface area contributed by atoms with Crippen LogP contribution in [0.2, 0.25) is 10.0 Å². The van der Waals surface area contributed by atoms with Gasteiger partial charge in [0.05, 0.1) is 25.8 Å². The van der Waals surface area contributed by atoms with Gasteiger partial charge in [0, 0.05) is 0 Å². The first-order chi connectivity index (χ1) is 8.85. The summed E-state index contributed by atoms with van der Waals surface area (Å²) < 4.78 is 24.8. The number of aromatic carboxylic acids is 1. The molecule has 0 spiro atoms. The summed E-state index contributed by atoms with van der Waals surface area (Å²) in [6.45, 7) is 0. The number of carboxylic acids is 1. The highest BCUT2D eigenvalue weighted by Gasteiger charge is 2.33. The monoisotopic (exact) mass is 322 g/mol. The van der Waals surface area contributed by atoms with Crippen LogP contribution in [0, 0.1) is 0 Å². The highest BCUT2D eigenvalue weighted by Crippen LogP contribution is 2.36. The summed E-state index contributed by atoms with van der Waals surface area (Å²) >= 11 is 11.7. The summed E-state index contributed by atoms with van der Waals surface area (Å²) in [6.07, 6.45) is 2.90. The smallest absolute Gasteiger partial charge is 0.338 e. The molecule has 0 saturated heterocycles. The van der Waals surface area contributed by atoms with Crippen LogP contribution < -0.4 is 0 Å². The molecule has 0 atom stereocenters. The van der Waals surface area contributed by atoms with Gasteiger partial charge in [-0.1, -0.05) is 36.0 Å². The van der Waals surface area contributed by atoms with Crippen LogP contribution in [0.15, 0.2) is 17.0 Å². The molecule has 1 aromatic carbocycles. The van der Waals surface area contributed by atoms with Crippen molar-refractivity contribution in [1.29, 1.82) is 0 Å². The number of rotatable bonds is 3. The Morgan fingerprint density at radius 3 is 2.32 bits per heavy atom. The van der Waals surface area contributed by atoms with Crippen molar-refractivity contribution >= 4 is 39.0 Å². The molecule has 1 N–H and O–H groups in total. The summed E-state index contributed by atoms with van der Waals surface area (Å²) in [5.74, 6) is -1.33. The Bertz CT molecular complexity index is 619. The lowest BCUT2D eigenvalue weighted by Crippen LogP contribution is -2.19. The zero-order chi connectivity index (χ0) is 14.2. The van der Waals surface area contributed by atoms with Crippen LogP contribution in [0.3, 0.4) is 0 Å². The third kappa shape index (κ3) is 2.59. The van der Waals surface area contributed by atoms with Crippen LogP contribution in [0.5, 0.6) is 0 Å². The van der Waals surface area contributed by atoms with Gasteiger partial charge in [0.2, 0.25) is 0 Å². The zero-order valence-corrected chi connectivity index (χ0v) is 12.2. The third-order valence-corrected chi connectivity index (χ3v) is 6.44. The van der Waals surface area contributed by atoms with Crippen molar-refractivity contribution in [2.45, 2.75) is 35.8 Å². The summed E-state index contributed by atoms with van der Waals surface area (Å²) in [5.41, 5.74) is -0.359. The molecule has 0 bridgehead atoms. The van der Waals surface area contributed by atoms with E-state index in [1.807, 2.05) is 0 Å². The molecular weight excluding hydrogens is 311 g/mol. The van der Waals surface area contributed by atoms with Crippen molar-refractivity contribution in [3.05, 3.63) is 27.7 Å². The van der Waals surface area contributed by atoms with E-state index in [1.165, 1.54) is 12.1 Å². The summed E-state index contributed by atoms with van der Waals surface area (Å²) in [7, 11) is -3.60. The Kier molecular flexibility index (Phi) is 4.08. The second-order valence-corrected chi connectivity index (χ2v) is 7.47. The van der Waals surface area contributed by atoms with Gasteiger partial charge in [0.1, 0.15) is 0 Å². The molecule has 0 heterocycles. The molecule has 0 aliphatic heterocycles. The number of hydrogen-bond donors (Lipinski definition) is 1.